The Labute approximate surface area is 134 Å². The van der Waals surface area contributed by atoms with Gasteiger partial charge >= 0.3 is 0 Å². The Hall–Kier alpha value is -3.00. The van der Waals surface area contributed by atoms with E-state index in [4.69, 9.17) is 11.0 Å². The Bertz CT molecular complexity index is 995. The Morgan fingerprint density at radius 2 is 2.09 bits per heavy atom. The standard InChI is InChI=1S/C18H16N4O/c1-11-7-8-13-14-6-5-9-20-18(14)23-17(13)16(11)22-12(2)21(4)10-15(22)19-3/h5-10,12H,1-2,4H3/t12-/m0/s1. The highest BCUT2D eigenvalue weighted by atomic mass is 16.3. The van der Waals surface area contributed by atoms with Crippen LogP contribution < -0.4 is 4.90 Å². The summed E-state index contributed by atoms with van der Waals surface area (Å²) in [5.41, 5.74) is 3.44. The van der Waals surface area contributed by atoms with Crippen LogP contribution in [0.4, 0.5) is 5.69 Å². The first-order chi connectivity index (χ1) is 11.1. The second-order valence-corrected chi connectivity index (χ2v) is 5.83. The predicted molar refractivity (Wildman–Crippen MR) is 90.6 cm³/mol. The van der Waals surface area contributed by atoms with Crippen LogP contribution in [0.25, 0.3) is 26.9 Å². The van der Waals surface area contributed by atoms with E-state index in [1.807, 2.05) is 42.1 Å². The van der Waals surface area contributed by atoms with Gasteiger partial charge in [-0.15, -0.1) is 0 Å². The van der Waals surface area contributed by atoms with Gasteiger partial charge in [-0.05, 0) is 37.6 Å². The highest BCUT2D eigenvalue weighted by Gasteiger charge is 2.34. The van der Waals surface area contributed by atoms with Gasteiger partial charge in [0, 0.05) is 30.2 Å². The topological polar surface area (TPSA) is 36.9 Å². The van der Waals surface area contributed by atoms with Gasteiger partial charge in [-0.2, -0.15) is 0 Å². The maximum absolute atomic E-state index is 7.49. The van der Waals surface area contributed by atoms with Gasteiger partial charge in [-0.1, -0.05) is 12.6 Å². The van der Waals surface area contributed by atoms with E-state index >= 15 is 0 Å². The van der Waals surface area contributed by atoms with E-state index in [-0.39, 0.29) is 6.17 Å². The molecule has 3 aromatic rings. The molecule has 23 heavy (non-hydrogen) atoms. The van der Waals surface area contributed by atoms with Gasteiger partial charge < -0.3 is 14.2 Å². The molecular weight excluding hydrogens is 288 g/mol. The average Bonchev–Trinajstić information content (AvgIpc) is 3.06. The molecule has 3 heterocycles. The molecule has 0 saturated heterocycles. The van der Waals surface area contributed by atoms with Crippen molar-refractivity contribution in [3.63, 3.8) is 0 Å². The summed E-state index contributed by atoms with van der Waals surface area (Å²) in [4.78, 5) is 12.1. The first-order valence-electron chi connectivity index (χ1n) is 7.49. The summed E-state index contributed by atoms with van der Waals surface area (Å²) in [5.74, 6) is 0.601. The van der Waals surface area contributed by atoms with Crippen LogP contribution in [0.15, 0.2) is 46.9 Å². The monoisotopic (exact) mass is 304 g/mol. The van der Waals surface area contributed by atoms with Crippen molar-refractivity contribution in [2.45, 2.75) is 20.0 Å². The van der Waals surface area contributed by atoms with E-state index in [9.17, 15) is 0 Å². The molecule has 0 unspecified atom stereocenters. The van der Waals surface area contributed by atoms with Gasteiger partial charge in [0.05, 0.1) is 0 Å². The van der Waals surface area contributed by atoms with Crippen molar-refractivity contribution in [2.24, 2.45) is 0 Å². The number of fused-ring (bicyclic) bond motifs is 3. The lowest BCUT2D eigenvalue weighted by atomic mass is 10.1. The summed E-state index contributed by atoms with van der Waals surface area (Å²) >= 11 is 0. The minimum atomic E-state index is 0.0598. The summed E-state index contributed by atoms with van der Waals surface area (Å²) in [6.45, 7) is 11.6. The SMILES string of the molecule is [C-]#[N+]C1=CN(C)[C@H](C)N1c1c(C)ccc2c1oc1ncccc12. The highest BCUT2D eigenvalue weighted by Crippen LogP contribution is 2.40. The normalized spacial score (nSPS) is 17.8. The van der Waals surface area contributed by atoms with Crippen molar-refractivity contribution in [3.8, 4) is 0 Å². The fourth-order valence-electron chi connectivity index (χ4n) is 3.17. The fraction of sp³-hybridized carbons (Fsp3) is 0.222. The maximum atomic E-state index is 7.49. The Kier molecular flexibility index (Phi) is 2.82. The minimum absolute atomic E-state index is 0.0598. The van der Waals surface area contributed by atoms with E-state index in [0.29, 0.717) is 11.5 Å². The molecule has 5 nitrogen and oxygen atoms in total. The fourth-order valence-corrected chi connectivity index (χ4v) is 3.17. The summed E-state index contributed by atoms with van der Waals surface area (Å²) in [7, 11) is 1.98. The molecule has 0 spiro atoms. The van der Waals surface area contributed by atoms with Crippen molar-refractivity contribution in [3.05, 3.63) is 59.5 Å². The van der Waals surface area contributed by atoms with Crippen LogP contribution in [-0.2, 0) is 0 Å². The van der Waals surface area contributed by atoms with Crippen LogP contribution in [0.5, 0.6) is 0 Å². The number of anilines is 1. The van der Waals surface area contributed by atoms with Gasteiger partial charge in [0.1, 0.15) is 0 Å². The van der Waals surface area contributed by atoms with Crippen LogP contribution in [-0.4, -0.2) is 23.1 Å². The number of benzene rings is 1. The van der Waals surface area contributed by atoms with E-state index in [0.717, 1.165) is 27.6 Å². The first-order valence-corrected chi connectivity index (χ1v) is 7.49. The zero-order valence-electron chi connectivity index (χ0n) is 13.2. The Balaban J connectivity index is 2.05. The van der Waals surface area contributed by atoms with E-state index in [1.165, 1.54) is 0 Å². The third-order valence-electron chi connectivity index (χ3n) is 4.48. The van der Waals surface area contributed by atoms with Gasteiger partial charge in [-0.3, -0.25) is 4.90 Å². The molecule has 4 rings (SSSR count). The van der Waals surface area contributed by atoms with Crippen molar-refractivity contribution in [2.75, 3.05) is 11.9 Å². The molecule has 1 aliphatic heterocycles. The molecule has 0 saturated carbocycles. The molecule has 5 heteroatoms. The lowest BCUT2D eigenvalue weighted by molar-refractivity contribution is 0.382. The van der Waals surface area contributed by atoms with Gasteiger partial charge in [0.15, 0.2) is 17.4 Å². The maximum Gasteiger partial charge on any atom is 0.248 e. The number of furan rings is 1. The summed E-state index contributed by atoms with van der Waals surface area (Å²) in [6, 6.07) is 8.06. The number of nitrogens with zero attached hydrogens (tertiary/aromatic N) is 4. The highest BCUT2D eigenvalue weighted by molar-refractivity contribution is 6.08. The number of hydrogen-bond acceptors (Lipinski definition) is 4. The third kappa shape index (κ3) is 1.82. The quantitative estimate of drug-likeness (QED) is 0.634. The van der Waals surface area contributed by atoms with E-state index < -0.39 is 0 Å². The molecular formula is C18H16N4O. The van der Waals surface area contributed by atoms with Crippen LogP contribution in [0.2, 0.25) is 0 Å². The van der Waals surface area contributed by atoms with Crippen LogP contribution in [0.1, 0.15) is 12.5 Å². The van der Waals surface area contributed by atoms with Crippen molar-refractivity contribution in [1.82, 2.24) is 9.88 Å². The van der Waals surface area contributed by atoms with E-state index in [1.54, 1.807) is 6.20 Å². The van der Waals surface area contributed by atoms with Crippen molar-refractivity contribution < 1.29 is 4.42 Å². The van der Waals surface area contributed by atoms with Crippen LogP contribution in [0, 0.1) is 13.5 Å². The predicted octanol–water partition coefficient (Wildman–Crippen LogP) is 4.11. The second kappa shape index (κ2) is 4.75. The number of aryl methyl sites for hydroxylation is 1. The van der Waals surface area contributed by atoms with Crippen molar-refractivity contribution >= 4 is 27.8 Å². The molecule has 1 atom stereocenters. The largest absolute Gasteiger partial charge is 0.433 e. The van der Waals surface area contributed by atoms with Gasteiger partial charge in [0.2, 0.25) is 11.5 Å². The minimum Gasteiger partial charge on any atom is -0.433 e. The van der Waals surface area contributed by atoms with Crippen LogP contribution in [0.3, 0.4) is 0 Å². The Morgan fingerprint density at radius 1 is 1.26 bits per heavy atom. The number of aromatic nitrogens is 1. The summed E-state index contributed by atoms with van der Waals surface area (Å²) in [6.07, 6.45) is 3.66. The van der Waals surface area contributed by atoms with Crippen LogP contribution >= 0.6 is 0 Å². The zero-order chi connectivity index (χ0) is 16.1. The number of pyridine rings is 1. The Morgan fingerprint density at radius 3 is 2.87 bits per heavy atom. The number of hydrogen-bond donors (Lipinski definition) is 0. The second-order valence-electron chi connectivity index (χ2n) is 5.83. The third-order valence-corrected chi connectivity index (χ3v) is 4.48. The molecule has 114 valence electrons. The molecule has 1 aliphatic rings. The molecule has 0 N–H and O–H groups in total. The molecule has 0 bridgehead atoms. The smallest absolute Gasteiger partial charge is 0.248 e. The number of rotatable bonds is 1. The van der Waals surface area contributed by atoms with E-state index in [2.05, 4.69) is 28.9 Å². The van der Waals surface area contributed by atoms with Crippen molar-refractivity contribution in [1.29, 1.82) is 0 Å². The lowest BCUT2D eigenvalue weighted by Crippen LogP contribution is -2.35. The summed E-state index contributed by atoms with van der Waals surface area (Å²) < 4.78 is 6.05. The molecule has 0 radical (unpaired) electrons. The molecule has 2 aromatic heterocycles. The van der Waals surface area contributed by atoms with Gasteiger partial charge in [-0.25, -0.2) is 4.98 Å². The molecule has 0 fully saturated rings. The molecule has 0 amide bonds. The van der Waals surface area contributed by atoms with Gasteiger partial charge in [0.25, 0.3) is 0 Å². The molecule has 0 aliphatic carbocycles. The first kappa shape index (κ1) is 13.6. The zero-order valence-corrected chi connectivity index (χ0v) is 13.2. The molecule has 1 aromatic carbocycles. The average molecular weight is 304 g/mol. The summed E-state index contributed by atoms with van der Waals surface area (Å²) in [5, 5.41) is 2.03. The lowest BCUT2D eigenvalue weighted by Gasteiger charge is -2.26.